The van der Waals surface area contributed by atoms with Gasteiger partial charge >= 0.3 is 0 Å². The molecule has 0 saturated carbocycles. The SMILES string of the molecule is CN1CCCc2cc(CNC(=O)C3CCCN3C(=O)c3cc(Cl)ccc3Cl)ccc21. The number of amides is 2. The van der Waals surface area contributed by atoms with Gasteiger partial charge in [0.05, 0.1) is 10.6 Å². The van der Waals surface area contributed by atoms with Crippen LogP contribution in [0.2, 0.25) is 10.0 Å². The van der Waals surface area contributed by atoms with Crippen molar-refractivity contribution in [2.75, 3.05) is 25.0 Å². The van der Waals surface area contributed by atoms with Crippen LogP contribution in [0.4, 0.5) is 5.69 Å². The molecule has 2 aromatic rings. The molecule has 0 radical (unpaired) electrons. The van der Waals surface area contributed by atoms with Gasteiger partial charge in [-0.05, 0) is 61.1 Å². The predicted molar refractivity (Wildman–Crippen MR) is 120 cm³/mol. The fourth-order valence-electron chi connectivity index (χ4n) is 4.35. The second-order valence-corrected chi connectivity index (χ2v) is 8.83. The number of likely N-dealkylation sites (tertiary alicyclic amines) is 1. The van der Waals surface area contributed by atoms with Crippen LogP contribution in [-0.2, 0) is 17.8 Å². The highest BCUT2D eigenvalue weighted by Gasteiger charge is 2.35. The van der Waals surface area contributed by atoms with Crippen molar-refractivity contribution in [1.82, 2.24) is 10.2 Å². The van der Waals surface area contributed by atoms with Crippen molar-refractivity contribution >= 4 is 40.7 Å². The zero-order valence-electron chi connectivity index (χ0n) is 17.0. The van der Waals surface area contributed by atoms with Gasteiger partial charge in [0.1, 0.15) is 6.04 Å². The summed E-state index contributed by atoms with van der Waals surface area (Å²) in [6, 6.07) is 10.7. The molecular formula is C23H25Cl2N3O2. The molecule has 0 aromatic heterocycles. The van der Waals surface area contributed by atoms with Crippen LogP contribution in [0.15, 0.2) is 36.4 Å². The molecule has 1 saturated heterocycles. The Labute approximate surface area is 186 Å². The van der Waals surface area contributed by atoms with Crippen LogP contribution in [0.25, 0.3) is 0 Å². The van der Waals surface area contributed by atoms with Crippen molar-refractivity contribution in [3.05, 3.63) is 63.1 Å². The Morgan fingerprint density at radius 3 is 2.77 bits per heavy atom. The van der Waals surface area contributed by atoms with Gasteiger partial charge in [-0.2, -0.15) is 0 Å². The molecule has 1 N–H and O–H groups in total. The smallest absolute Gasteiger partial charge is 0.256 e. The lowest BCUT2D eigenvalue weighted by Crippen LogP contribution is -2.45. The summed E-state index contributed by atoms with van der Waals surface area (Å²) in [6.45, 7) is 2.06. The van der Waals surface area contributed by atoms with Gasteiger partial charge in [-0.25, -0.2) is 0 Å². The Balaban J connectivity index is 1.43. The molecule has 2 aliphatic heterocycles. The lowest BCUT2D eigenvalue weighted by Gasteiger charge is -2.28. The minimum absolute atomic E-state index is 0.131. The van der Waals surface area contributed by atoms with Crippen molar-refractivity contribution in [1.29, 1.82) is 0 Å². The first-order valence-corrected chi connectivity index (χ1v) is 11.1. The molecule has 0 spiro atoms. The topological polar surface area (TPSA) is 52.7 Å². The maximum absolute atomic E-state index is 13.0. The van der Waals surface area contributed by atoms with Crippen molar-refractivity contribution in [3.63, 3.8) is 0 Å². The van der Waals surface area contributed by atoms with Crippen molar-refractivity contribution in [2.45, 2.75) is 38.3 Å². The molecule has 30 heavy (non-hydrogen) atoms. The average molecular weight is 446 g/mol. The van der Waals surface area contributed by atoms with Crippen molar-refractivity contribution < 1.29 is 9.59 Å². The highest BCUT2D eigenvalue weighted by molar-refractivity contribution is 6.35. The molecule has 158 valence electrons. The van der Waals surface area contributed by atoms with Gasteiger partial charge in [0.2, 0.25) is 5.91 Å². The molecule has 2 heterocycles. The first kappa shape index (κ1) is 21.0. The van der Waals surface area contributed by atoms with E-state index in [-0.39, 0.29) is 11.8 Å². The first-order valence-electron chi connectivity index (χ1n) is 10.3. The zero-order valence-corrected chi connectivity index (χ0v) is 18.5. The van der Waals surface area contributed by atoms with Gasteiger partial charge < -0.3 is 15.1 Å². The lowest BCUT2D eigenvalue weighted by atomic mass is 9.99. The number of carbonyl (C=O) groups is 2. The monoisotopic (exact) mass is 445 g/mol. The summed E-state index contributed by atoms with van der Waals surface area (Å²) in [5.74, 6) is -0.384. The van der Waals surface area contributed by atoms with E-state index < -0.39 is 6.04 Å². The molecule has 5 nitrogen and oxygen atoms in total. The minimum atomic E-state index is -0.490. The number of hydrogen-bond donors (Lipinski definition) is 1. The Kier molecular flexibility index (Phi) is 6.21. The molecule has 4 rings (SSSR count). The van der Waals surface area contributed by atoms with Gasteiger partial charge in [0.25, 0.3) is 5.91 Å². The number of fused-ring (bicyclic) bond motifs is 1. The minimum Gasteiger partial charge on any atom is -0.374 e. The molecular weight excluding hydrogens is 421 g/mol. The maximum atomic E-state index is 13.0. The Bertz CT molecular complexity index is 979. The zero-order chi connectivity index (χ0) is 21.3. The average Bonchev–Trinajstić information content (AvgIpc) is 3.23. The quantitative estimate of drug-likeness (QED) is 0.762. The van der Waals surface area contributed by atoms with E-state index in [4.69, 9.17) is 23.2 Å². The lowest BCUT2D eigenvalue weighted by molar-refractivity contribution is -0.125. The molecule has 2 aliphatic rings. The second-order valence-electron chi connectivity index (χ2n) is 7.99. The summed E-state index contributed by atoms with van der Waals surface area (Å²) in [5, 5.41) is 3.80. The van der Waals surface area contributed by atoms with E-state index in [1.165, 1.54) is 11.3 Å². The van der Waals surface area contributed by atoms with E-state index in [9.17, 15) is 9.59 Å². The molecule has 1 fully saturated rings. The van der Waals surface area contributed by atoms with Crippen LogP contribution >= 0.6 is 23.2 Å². The van der Waals surface area contributed by atoms with E-state index in [1.54, 1.807) is 23.1 Å². The van der Waals surface area contributed by atoms with E-state index in [0.717, 1.165) is 31.4 Å². The molecule has 7 heteroatoms. The highest BCUT2D eigenvalue weighted by Crippen LogP contribution is 2.28. The molecule has 0 aliphatic carbocycles. The fourth-order valence-corrected chi connectivity index (χ4v) is 4.72. The summed E-state index contributed by atoms with van der Waals surface area (Å²) in [6.07, 6.45) is 3.63. The third-order valence-corrected chi connectivity index (χ3v) is 6.50. The van der Waals surface area contributed by atoms with Gasteiger partial charge in [0, 0.05) is 37.4 Å². The van der Waals surface area contributed by atoms with E-state index in [0.29, 0.717) is 35.1 Å². The van der Waals surface area contributed by atoms with Gasteiger partial charge in [-0.15, -0.1) is 0 Å². The fraction of sp³-hybridized carbons (Fsp3) is 0.391. The number of nitrogens with zero attached hydrogens (tertiary/aromatic N) is 2. The van der Waals surface area contributed by atoms with Crippen LogP contribution in [0.3, 0.4) is 0 Å². The Hall–Kier alpha value is -2.24. The second kappa shape index (κ2) is 8.86. The molecule has 1 unspecified atom stereocenters. The molecule has 0 bridgehead atoms. The standard InChI is InChI=1S/C23H25Cl2N3O2/c1-27-10-2-4-16-12-15(6-9-20(16)27)14-26-22(29)21-5-3-11-28(21)23(30)18-13-17(24)7-8-19(18)25/h6-9,12-13,21H,2-5,10-11,14H2,1H3,(H,26,29). The summed E-state index contributed by atoms with van der Waals surface area (Å²) < 4.78 is 0. The number of carbonyl (C=O) groups excluding carboxylic acids is 2. The molecule has 1 atom stereocenters. The first-order chi connectivity index (χ1) is 14.4. The van der Waals surface area contributed by atoms with Gasteiger partial charge in [-0.3, -0.25) is 9.59 Å². The van der Waals surface area contributed by atoms with Crippen molar-refractivity contribution in [3.8, 4) is 0 Å². The number of anilines is 1. The molecule has 2 amide bonds. The Morgan fingerprint density at radius 1 is 1.10 bits per heavy atom. The maximum Gasteiger partial charge on any atom is 0.256 e. The number of rotatable bonds is 4. The van der Waals surface area contributed by atoms with Crippen molar-refractivity contribution in [2.24, 2.45) is 0 Å². The number of nitrogens with one attached hydrogen (secondary N) is 1. The number of benzene rings is 2. The van der Waals surface area contributed by atoms with E-state index >= 15 is 0 Å². The van der Waals surface area contributed by atoms with Crippen LogP contribution in [-0.4, -0.2) is 42.9 Å². The summed E-state index contributed by atoms with van der Waals surface area (Å²) in [5.41, 5.74) is 4.00. The van der Waals surface area contributed by atoms with Crippen LogP contribution < -0.4 is 10.2 Å². The number of aryl methyl sites for hydroxylation is 1. The predicted octanol–water partition coefficient (Wildman–Crippen LogP) is 4.30. The number of hydrogen-bond acceptors (Lipinski definition) is 3. The molecule has 2 aromatic carbocycles. The van der Waals surface area contributed by atoms with Gasteiger partial charge in [-0.1, -0.05) is 35.3 Å². The third kappa shape index (κ3) is 4.28. The van der Waals surface area contributed by atoms with E-state index in [2.05, 4.69) is 35.5 Å². The van der Waals surface area contributed by atoms with Crippen LogP contribution in [0.1, 0.15) is 40.7 Å². The largest absolute Gasteiger partial charge is 0.374 e. The normalized spacial score (nSPS) is 18.3. The summed E-state index contributed by atoms with van der Waals surface area (Å²) in [4.78, 5) is 29.8. The van der Waals surface area contributed by atoms with Crippen LogP contribution in [0, 0.1) is 0 Å². The number of halogens is 2. The van der Waals surface area contributed by atoms with Crippen LogP contribution in [0.5, 0.6) is 0 Å². The van der Waals surface area contributed by atoms with E-state index in [1.807, 2.05) is 0 Å². The Morgan fingerprint density at radius 2 is 1.93 bits per heavy atom. The summed E-state index contributed by atoms with van der Waals surface area (Å²) >= 11 is 12.2. The highest BCUT2D eigenvalue weighted by atomic mass is 35.5. The summed E-state index contributed by atoms with van der Waals surface area (Å²) in [7, 11) is 2.11. The van der Waals surface area contributed by atoms with Gasteiger partial charge in [0.15, 0.2) is 0 Å². The third-order valence-electron chi connectivity index (χ3n) is 5.94.